The number of anilines is 1. The molecular weight excluding hydrogens is 559 g/mol. The number of amides is 1. The van der Waals surface area contributed by atoms with Crippen LogP contribution in [-0.4, -0.2) is 68.3 Å². The van der Waals surface area contributed by atoms with E-state index in [4.69, 9.17) is 0 Å². The smallest absolute Gasteiger partial charge is 0.347 e. The minimum atomic E-state index is -4.76. The Labute approximate surface area is 225 Å². The van der Waals surface area contributed by atoms with Crippen LogP contribution < -0.4 is 10.0 Å². The number of hydrogen-bond acceptors (Lipinski definition) is 6. The molecule has 0 radical (unpaired) electrons. The molecule has 39 heavy (non-hydrogen) atoms. The zero-order chi connectivity index (χ0) is 28.4. The van der Waals surface area contributed by atoms with Crippen LogP contribution in [0.25, 0.3) is 0 Å². The van der Waals surface area contributed by atoms with E-state index in [-0.39, 0.29) is 18.8 Å². The molecule has 6 rings (SSSR count). The molecule has 1 aromatic rings. The summed E-state index contributed by atoms with van der Waals surface area (Å²) >= 11 is 0. The number of fused-ring (bicyclic) bond motifs is 5. The van der Waals surface area contributed by atoms with E-state index in [0.717, 1.165) is 16.6 Å². The third-order valence-corrected chi connectivity index (χ3v) is 11.6. The van der Waals surface area contributed by atoms with Gasteiger partial charge in [-0.25, -0.2) is 8.42 Å². The monoisotopic (exact) mass is 589 g/mol. The second-order valence-corrected chi connectivity index (χ2v) is 14.8. The highest BCUT2D eigenvalue weighted by molar-refractivity contribution is 7.90. The van der Waals surface area contributed by atoms with E-state index in [1.165, 1.54) is 4.31 Å². The Balaban J connectivity index is 1.40. The minimum absolute atomic E-state index is 0.106. The Morgan fingerprint density at radius 2 is 1.59 bits per heavy atom. The van der Waals surface area contributed by atoms with Crippen molar-refractivity contribution in [1.82, 2.24) is 13.9 Å². The lowest BCUT2D eigenvalue weighted by Crippen LogP contribution is -2.57. The Hall–Kier alpha value is -2.41. The number of benzene rings is 1. The number of piperazine rings is 1. The van der Waals surface area contributed by atoms with Crippen molar-refractivity contribution in [3.05, 3.63) is 29.3 Å². The molecule has 3 saturated carbocycles. The van der Waals surface area contributed by atoms with Crippen molar-refractivity contribution in [1.29, 1.82) is 5.26 Å². The van der Waals surface area contributed by atoms with E-state index in [1.807, 2.05) is 0 Å². The van der Waals surface area contributed by atoms with Crippen molar-refractivity contribution in [2.45, 2.75) is 75.2 Å². The third-order valence-electron chi connectivity index (χ3n) is 8.80. The van der Waals surface area contributed by atoms with E-state index in [2.05, 4.69) is 16.1 Å². The van der Waals surface area contributed by atoms with Crippen LogP contribution in [0.5, 0.6) is 0 Å². The molecule has 2 aliphatic heterocycles. The zero-order valence-corrected chi connectivity index (χ0v) is 22.9. The standard InChI is InChI=1S/C24H30F3N5O5S2/c1-38(34,35)32-17-3-4-18(32)14-31(13-17)39(36,37)30-20-5-2-16(24(25,26)27)12-19(20)21(33)29-23-9-6-22(15-28,7-10-23)8-11-23/h2,5,12,17-18,30H,3-4,6-11,13-14H2,1H3,(H,29,33). The summed E-state index contributed by atoms with van der Waals surface area (Å²) in [4.78, 5) is 13.4. The van der Waals surface area contributed by atoms with Crippen LogP contribution in [0.4, 0.5) is 18.9 Å². The zero-order valence-electron chi connectivity index (χ0n) is 21.3. The molecule has 3 aliphatic carbocycles. The van der Waals surface area contributed by atoms with E-state index in [0.29, 0.717) is 63.5 Å². The van der Waals surface area contributed by atoms with Gasteiger partial charge in [-0.05, 0) is 69.6 Å². The summed E-state index contributed by atoms with van der Waals surface area (Å²) in [5.74, 6) is -0.827. The average molecular weight is 590 g/mol. The van der Waals surface area contributed by atoms with Gasteiger partial charge < -0.3 is 5.32 Å². The molecule has 2 N–H and O–H groups in total. The number of rotatable bonds is 6. The van der Waals surface area contributed by atoms with Gasteiger partial charge in [-0.2, -0.15) is 35.5 Å². The summed E-state index contributed by atoms with van der Waals surface area (Å²) in [7, 11) is -7.87. The van der Waals surface area contributed by atoms with Gasteiger partial charge in [0.05, 0.1) is 34.6 Å². The molecule has 4 bridgehead atoms. The molecule has 2 saturated heterocycles. The van der Waals surface area contributed by atoms with Crippen LogP contribution in [0, 0.1) is 16.7 Å². The Morgan fingerprint density at radius 1 is 1.03 bits per heavy atom. The average Bonchev–Trinajstić information content (AvgIpc) is 3.15. The summed E-state index contributed by atoms with van der Waals surface area (Å²) in [5.41, 5.74) is -2.94. The van der Waals surface area contributed by atoms with Gasteiger partial charge in [-0.3, -0.25) is 9.52 Å². The maximum absolute atomic E-state index is 13.5. The molecule has 2 heterocycles. The predicted molar refractivity (Wildman–Crippen MR) is 135 cm³/mol. The van der Waals surface area contributed by atoms with Gasteiger partial charge in [0.1, 0.15) is 0 Å². The van der Waals surface area contributed by atoms with Gasteiger partial charge in [0.2, 0.25) is 10.0 Å². The van der Waals surface area contributed by atoms with Gasteiger partial charge in [-0.1, -0.05) is 0 Å². The van der Waals surface area contributed by atoms with Crippen molar-refractivity contribution in [2.24, 2.45) is 5.41 Å². The van der Waals surface area contributed by atoms with Gasteiger partial charge in [0, 0.05) is 30.7 Å². The lowest BCUT2D eigenvalue weighted by Gasteiger charge is -2.50. The van der Waals surface area contributed by atoms with Crippen LogP contribution in [0.15, 0.2) is 18.2 Å². The van der Waals surface area contributed by atoms with Crippen LogP contribution in [0.1, 0.15) is 67.3 Å². The molecule has 214 valence electrons. The molecule has 5 aliphatic rings. The van der Waals surface area contributed by atoms with Crippen molar-refractivity contribution < 1.29 is 34.8 Å². The molecule has 1 aromatic carbocycles. The van der Waals surface area contributed by atoms with E-state index in [1.54, 1.807) is 0 Å². The molecule has 0 aromatic heterocycles. The highest BCUT2D eigenvalue weighted by atomic mass is 32.2. The Morgan fingerprint density at radius 3 is 2.08 bits per heavy atom. The van der Waals surface area contributed by atoms with Crippen LogP contribution in [0.2, 0.25) is 0 Å². The lowest BCUT2D eigenvalue weighted by molar-refractivity contribution is -0.137. The van der Waals surface area contributed by atoms with Crippen LogP contribution in [0.3, 0.4) is 0 Å². The number of carbonyl (C=O) groups is 1. The SMILES string of the molecule is CS(=O)(=O)N1C2CCC1CN(S(=O)(=O)Nc1ccc(C(F)(F)F)cc1C(=O)NC13CCC(C#N)(CC1)CC3)C2. The van der Waals surface area contributed by atoms with E-state index < -0.39 is 66.5 Å². The molecule has 2 atom stereocenters. The molecule has 10 nitrogen and oxygen atoms in total. The maximum Gasteiger partial charge on any atom is 0.416 e. The first-order chi connectivity index (χ1) is 18.1. The molecule has 0 spiro atoms. The predicted octanol–water partition coefficient (Wildman–Crippen LogP) is 2.82. The number of sulfonamides is 1. The fourth-order valence-corrected chi connectivity index (χ4v) is 9.36. The van der Waals surface area contributed by atoms with Gasteiger partial charge in [-0.15, -0.1) is 0 Å². The summed E-state index contributed by atoms with van der Waals surface area (Å²) in [6.07, 6.45) is 0.577. The number of nitriles is 1. The number of carbonyl (C=O) groups excluding carboxylic acids is 1. The molecule has 2 unspecified atom stereocenters. The quantitative estimate of drug-likeness (QED) is 0.523. The largest absolute Gasteiger partial charge is 0.416 e. The van der Waals surface area contributed by atoms with Crippen molar-refractivity contribution in [2.75, 3.05) is 24.1 Å². The summed E-state index contributed by atoms with van der Waals surface area (Å²) in [6, 6.07) is 3.56. The first-order valence-corrected chi connectivity index (χ1v) is 16.1. The number of nitrogens with zero attached hydrogens (tertiary/aromatic N) is 3. The van der Waals surface area contributed by atoms with Gasteiger partial charge in [0.25, 0.3) is 5.91 Å². The van der Waals surface area contributed by atoms with Crippen molar-refractivity contribution in [3.8, 4) is 6.07 Å². The van der Waals surface area contributed by atoms with Crippen molar-refractivity contribution in [3.63, 3.8) is 0 Å². The Kier molecular flexibility index (Phi) is 6.72. The van der Waals surface area contributed by atoms with Crippen LogP contribution in [-0.2, 0) is 26.4 Å². The number of halogens is 3. The summed E-state index contributed by atoms with van der Waals surface area (Å²) in [5, 5.41) is 12.4. The number of alkyl halides is 3. The summed E-state index contributed by atoms with van der Waals surface area (Å²) in [6.45, 7) is -0.213. The van der Waals surface area contributed by atoms with Crippen molar-refractivity contribution >= 4 is 31.8 Å². The van der Waals surface area contributed by atoms with E-state index in [9.17, 15) is 40.1 Å². The van der Waals surface area contributed by atoms with Gasteiger partial charge in [0.15, 0.2) is 0 Å². The molecule has 5 fully saturated rings. The number of hydrogen-bond donors (Lipinski definition) is 2. The summed E-state index contributed by atoms with van der Waals surface area (Å²) < 4.78 is 96.3. The number of nitrogens with one attached hydrogen (secondary N) is 2. The molecular formula is C24H30F3N5O5S2. The highest BCUT2D eigenvalue weighted by Crippen LogP contribution is 2.52. The highest BCUT2D eigenvalue weighted by Gasteiger charge is 2.50. The van der Waals surface area contributed by atoms with E-state index >= 15 is 0 Å². The Bertz CT molecular complexity index is 1400. The normalized spacial score (nSPS) is 31.6. The molecule has 15 heteroatoms. The maximum atomic E-state index is 13.5. The topological polar surface area (TPSA) is 140 Å². The third kappa shape index (κ3) is 5.23. The first kappa shape index (κ1) is 28.1. The fourth-order valence-electron chi connectivity index (χ4n) is 6.61. The molecule has 1 amide bonds. The van der Waals surface area contributed by atoms with Crippen LogP contribution >= 0.6 is 0 Å². The van der Waals surface area contributed by atoms with Gasteiger partial charge >= 0.3 is 16.4 Å². The lowest BCUT2D eigenvalue weighted by atomic mass is 9.58. The second kappa shape index (κ2) is 9.32. The second-order valence-electron chi connectivity index (χ2n) is 11.3. The fraction of sp³-hybridized carbons (Fsp3) is 0.667. The minimum Gasteiger partial charge on any atom is -0.347 e. The first-order valence-electron chi connectivity index (χ1n) is 12.8.